The van der Waals surface area contributed by atoms with Crippen LogP contribution in [0, 0.1) is 0 Å². The summed E-state index contributed by atoms with van der Waals surface area (Å²) >= 11 is 7.12. The Morgan fingerprint density at radius 3 is 2.04 bits per heavy atom. The predicted octanol–water partition coefficient (Wildman–Crippen LogP) is 10.5. The van der Waals surface area contributed by atoms with Crippen molar-refractivity contribution in [1.82, 2.24) is 0 Å². The van der Waals surface area contributed by atoms with Crippen LogP contribution < -0.4 is 0 Å². The first-order valence-corrected chi connectivity index (χ1v) is 19.5. The molecule has 0 radical (unpaired) electrons. The highest BCUT2D eigenvalue weighted by molar-refractivity contribution is 6.31. The molecule has 1 fully saturated rings. The molecule has 0 bridgehead atoms. The number of fused-ring (bicyclic) bond motifs is 2. The molecule has 48 heavy (non-hydrogen) atoms. The summed E-state index contributed by atoms with van der Waals surface area (Å²) in [6.07, 6.45) is 12.4. The van der Waals surface area contributed by atoms with E-state index in [1.807, 2.05) is 6.08 Å². The van der Waals surface area contributed by atoms with Crippen LogP contribution >= 0.6 is 11.6 Å². The van der Waals surface area contributed by atoms with Crippen molar-refractivity contribution in [2.24, 2.45) is 0 Å². The van der Waals surface area contributed by atoms with Gasteiger partial charge in [0.15, 0.2) is 0 Å². The van der Waals surface area contributed by atoms with Crippen molar-refractivity contribution in [2.75, 3.05) is 33.0 Å². The van der Waals surface area contributed by atoms with E-state index >= 15 is 0 Å². The minimum Gasteiger partial charge on any atom is -0.379 e. The topological polar surface area (TPSA) is 46.2 Å². The van der Waals surface area contributed by atoms with Gasteiger partial charge in [0.1, 0.15) is 30.0 Å². The molecule has 1 aliphatic carbocycles. The molecule has 5 nitrogen and oxygen atoms in total. The molecular formula is C42H63ClO5. The highest BCUT2D eigenvalue weighted by atomic mass is 35.5. The van der Waals surface area contributed by atoms with Crippen LogP contribution in [-0.4, -0.2) is 57.5 Å². The molecule has 2 aromatic carbocycles. The summed E-state index contributed by atoms with van der Waals surface area (Å²) in [6.45, 7) is 18.3. The van der Waals surface area contributed by atoms with Gasteiger partial charge in [-0.05, 0) is 91.2 Å². The van der Waals surface area contributed by atoms with E-state index in [-0.39, 0.29) is 30.3 Å². The van der Waals surface area contributed by atoms with Gasteiger partial charge in [0, 0.05) is 31.5 Å². The van der Waals surface area contributed by atoms with E-state index in [0.29, 0.717) is 33.0 Å². The molecule has 2 aromatic rings. The summed E-state index contributed by atoms with van der Waals surface area (Å²) in [5.74, 6) is 0.209. The van der Waals surface area contributed by atoms with Crippen LogP contribution in [0.15, 0.2) is 49.1 Å². The van der Waals surface area contributed by atoms with Crippen LogP contribution in [0.1, 0.15) is 133 Å². The molecule has 6 atom stereocenters. The van der Waals surface area contributed by atoms with Crippen LogP contribution in [0.2, 0.25) is 5.02 Å². The van der Waals surface area contributed by atoms with Crippen LogP contribution in [0.3, 0.4) is 0 Å². The molecule has 0 saturated carbocycles. The number of hydrogen-bond donors (Lipinski definition) is 0. The molecule has 1 saturated heterocycles. The first-order valence-electron chi connectivity index (χ1n) is 19.1. The number of benzene rings is 2. The van der Waals surface area contributed by atoms with E-state index in [4.69, 9.17) is 35.3 Å². The molecule has 2 aliphatic rings. The van der Waals surface area contributed by atoms with Gasteiger partial charge in [0.2, 0.25) is 0 Å². The van der Waals surface area contributed by atoms with E-state index in [0.717, 1.165) is 87.6 Å². The average Bonchev–Trinajstić information content (AvgIpc) is 3.37. The van der Waals surface area contributed by atoms with E-state index in [1.165, 1.54) is 22.3 Å². The molecule has 0 amide bonds. The van der Waals surface area contributed by atoms with Gasteiger partial charge in [-0.2, -0.15) is 0 Å². The monoisotopic (exact) mass is 682 g/mol. The zero-order chi connectivity index (χ0) is 34.4. The van der Waals surface area contributed by atoms with Crippen LogP contribution in [0.4, 0.5) is 0 Å². The Balaban J connectivity index is 1.84. The Morgan fingerprint density at radius 1 is 0.812 bits per heavy atom. The van der Waals surface area contributed by atoms with Crippen molar-refractivity contribution >= 4 is 11.6 Å². The fourth-order valence-electron chi connectivity index (χ4n) is 7.29. The zero-order valence-electron chi connectivity index (χ0n) is 30.6. The number of ether oxygens (including phenoxy) is 5. The largest absolute Gasteiger partial charge is 0.379 e. The normalized spacial score (nSPS) is 25.1. The predicted molar refractivity (Wildman–Crippen MR) is 198 cm³/mol. The Kier molecular flexibility index (Phi) is 16.4. The minimum atomic E-state index is -0.734. The molecule has 1 heterocycles. The fraction of sp³-hybridized carbons (Fsp3) is 0.667. The quantitative estimate of drug-likeness (QED) is 0.0913. The summed E-state index contributed by atoms with van der Waals surface area (Å²) in [6, 6.07) is 13.4. The number of unbranched alkanes of at least 4 members (excludes halogenated alkanes) is 4. The number of halogens is 1. The van der Waals surface area contributed by atoms with Crippen molar-refractivity contribution in [2.45, 2.75) is 148 Å². The lowest BCUT2D eigenvalue weighted by Gasteiger charge is -2.52. The van der Waals surface area contributed by atoms with Gasteiger partial charge in [-0.25, -0.2) is 0 Å². The minimum absolute atomic E-state index is 0.209. The maximum atomic E-state index is 7.48. The number of rotatable bonds is 22. The lowest BCUT2D eigenvalue weighted by Crippen LogP contribution is -2.65. The molecule has 1 spiro atoms. The summed E-state index contributed by atoms with van der Waals surface area (Å²) in [5, 5.41) is 0.801. The standard InChI is InChI=1S/C42H63ClO5/c1-7-13-22-44-30-38-39(45-23-14-8-2)40(46-24-15-9-3)41(47-25-16-10-4)42(48-38)29-33(17-11-5)35-28-37(43)34(27-36(35)42)26-32-20-18-31(12-6)19-21-32/h11,18-21,27-28,33,38-41H,5,7-10,12-17,22-26,29-30H2,1-4,6H3/t33?,38-,39-,40+,41-,42+/m1/s1. The van der Waals surface area contributed by atoms with Crippen LogP contribution in [0.25, 0.3) is 0 Å². The SMILES string of the molecule is C=CCC1C[C@]2(O[C@H](COCCCC)[C@@H](OCCCC)[C@H](OCCCC)[C@H]2OCCCC)c2cc(Cc3ccc(CC)cc3)c(Cl)cc21. The third-order valence-corrected chi connectivity index (χ3v) is 10.4. The van der Waals surface area contributed by atoms with Gasteiger partial charge in [0.25, 0.3) is 0 Å². The smallest absolute Gasteiger partial charge is 0.123 e. The molecule has 1 aliphatic heterocycles. The highest BCUT2D eigenvalue weighted by Gasteiger charge is 2.61. The van der Waals surface area contributed by atoms with E-state index in [1.54, 1.807) is 0 Å². The summed E-state index contributed by atoms with van der Waals surface area (Å²) in [7, 11) is 0. The number of allylic oxidation sites excluding steroid dienone is 1. The fourth-order valence-corrected chi connectivity index (χ4v) is 7.53. The molecule has 0 N–H and O–H groups in total. The second-order valence-corrected chi connectivity index (χ2v) is 14.2. The molecular weight excluding hydrogens is 620 g/mol. The molecule has 268 valence electrons. The Morgan fingerprint density at radius 2 is 1.42 bits per heavy atom. The lowest BCUT2D eigenvalue weighted by molar-refractivity contribution is -0.308. The molecule has 1 unspecified atom stereocenters. The van der Waals surface area contributed by atoms with Crippen LogP contribution in [0.5, 0.6) is 0 Å². The summed E-state index contributed by atoms with van der Waals surface area (Å²) < 4.78 is 34.4. The lowest BCUT2D eigenvalue weighted by atomic mass is 9.79. The number of aryl methyl sites for hydroxylation is 1. The van der Waals surface area contributed by atoms with Gasteiger partial charge >= 0.3 is 0 Å². The van der Waals surface area contributed by atoms with Crippen molar-refractivity contribution in [3.8, 4) is 0 Å². The van der Waals surface area contributed by atoms with Crippen molar-refractivity contribution in [3.63, 3.8) is 0 Å². The molecule has 4 rings (SSSR count). The van der Waals surface area contributed by atoms with Gasteiger partial charge < -0.3 is 23.7 Å². The second kappa shape index (κ2) is 20.2. The number of hydrogen-bond acceptors (Lipinski definition) is 5. The van der Waals surface area contributed by atoms with Crippen molar-refractivity contribution < 1.29 is 23.7 Å². The third-order valence-electron chi connectivity index (χ3n) is 10.1. The van der Waals surface area contributed by atoms with E-state index in [2.05, 4.69) is 77.6 Å². The Bertz CT molecular complexity index is 1230. The Labute approximate surface area is 297 Å². The summed E-state index contributed by atoms with van der Waals surface area (Å²) in [5.41, 5.74) is 5.37. The first-order chi connectivity index (χ1) is 23.5. The average molecular weight is 683 g/mol. The van der Waals surface area contributed by atoms with Gasteiger partial charge in [0.05, 0.1) is 6.61 Å². The highest BCUT2D eigenvalue weighted by Crippen LogP contribution is 2.56. The maximum Gasteiger partial charge on any atom is 0.123 e. The van der Waals surface area contributed by atoms with Gasteiger partial charge in [-0.15, -0.1) is 6.58 Å². The zero-order valence-corrected chi connectivity index (χ0v) is 31.3. The van der Waals surface area contributed by atoms with Crippen LogP contribution in [-0.2, 0) is 42.1 Å². The summed E-state index contributed by atoms with van der Waals surface area (Å²) in [4.78, 5) is 0. The van der Waals surface area contributed by atoms with Gasteiger partial charge in [-0.3, -0.25) is 0 Å². The molecule has 6 heteroatoms. The first kappa shape index (κ1) is 39.1. The van der Waals surface area contributed by atoms with Crippen molar-refractivity contribution in [1.29, 1.82) is 0 Å². The van der Waals surface area contributed by atoms with E-state index < -0.39 is 5.60 Å². The van der Waals surface area contributed by atoms with Crippen molar-refractivity contribution in [3.05, 3.63) is 81.9 Å². The Hall–Kier alpha value is -1.73. The second-order valence-electron chi connectivity index (χ2n) is 13.8. The third kappa shape index (κ3) is 9.74. The maximum absolute atomic E-state index is 7.48. The van der Waals surface area contributed by atoms with Gasteiger partial charge in [-0.1, -0.05) is 108 Å². The molecule has 0 aromatic heterocycles. The van der Waals surface area contributed by atoms with E-state index in [9.17, 15) is 0 Å².